The highest BCUT2D eigenvalue weighted by Gasteiger charge is 2.36. The predicted molar refractivity (Wildman–Crippen MR) is 162 cm³/mol. The molecule has 0 unspecified atom stereocenters. The molecule has 4 aromatic rings. The third-order valence-corrected chi connectivity index (χ3v) is 7.48. The maximum absolute atomic E-state index is 12.7. The Balaban J connectivity index is 1.13. The Morgan fingerprint density at radius 2 is 1.52 bits per heavy atom. The molecule has 0 aliphatic carbocycles. The van der Waals surface area contributed by atoms with Gasteiger partial charge >= 0.3 is 11.9 Å². The summed E-state index contributed by atoms with van der Waals surface area (Å²) in [5, 5.41) is 11.4. The minimum atomic E-state index is -0.744. The van der Waals surface area contributed by atoms with Crippen LogP contribution in [0.3, 0.4) is 0 Å². The van der Waals surface area contributed by atoms with E-state index < -0.39 is 35.2 Å². The number of non-ortho nitro benzene ring substituents is 1. The molecule has 0 radical (unpaired) electrons. The lowest BCUT2D eigenvalue weighted by molar-refractivity contribution is -0.384. The molecule has 1 aliphatic rings. The zero-order chi connectivity index (χ0) is 31.4. The molecule has 0 spiro atoms. The minimum absolute atomic E-state index is 0.00911. The highest BCUT2D eigenvalue weighted by Crippen LogP contribution is 2.29. The number of benzene rings is 4. The van der Waals surface area contributed by atoms with Gasteiger partial charge in [0.05, 0.1) is 21.4 Å². The van der Waals surface area contributed by atoms with E-state index in [4.69, 9.17) is 32.7 Å². The quantitative estimate of drug-likeness (QED) is 0.0665. The molecule has 44 heavy (non-hydrogen) atoms. The van der Waals surface area contributed by atoms with Crippen molar-refractivity contribution in [3.63, 3.8) is 0 Å². The fourth-order valence-electron chi connectivity index (χ4n) is 4.59. The molecule has 5 rings (SSSR count). The molecule has 12 heteroatoms. The van der Waals surface area contributed by atoms with Gasteiger partial charge in [0, 0.05) is 41.4 Å². The third kappa shape index (κ3) is 6.94. The molecular formula is C32H22Cl2N2O8. The van der Waals surface area contributed by atoms with Gasteiger partial charge in [0.15, 0.2) is 12.4 Å². The van der Waals surface area contributed by atoms with Gasteiger partial charge in [-0.15, -0.1) is 0 Å². The lowest BCUT2D eigenvalue weighted by Gasteiger charge is -2.17. The highest BCUT2D eigenvalue weighted by molar-refractivity contribution is 6.36. The van der Waals surface area contributed by atoms with Gasteiger partial charge in [-0.2, -0.15) is 0 Å². The lowest BCUT2D eigenvalue weighted by Crippen LogP contribution is -2.27. The van der Waals surface area contributed by atoms with Crippen LogP contribution in [0, 0.1) is 16.0 Å². The Morgan fingerprint density at radius 1 is 0.886 bits per heavy atom. The molecule has 0 saturated carbocycles. The van der Waals surface area contributed by atoms with E-state index in [1.807, 2.05) is 0 Å². The Bertz CT molecular complexity index is 1760. The van der Waals surface area contributed by atoms with Crippen molar-refractivity contribution in [1.29, 1.82) is 0 Å². The second-order valence-corrected chi connectivity index (χ2v) is 10.7. The van der Waals surface area contributed by atoms with Gasteiger partial charge in [-0.1, -0.05) is 35.3 Å². The molecule has 1 atom stereocenters. The number of rotatable bonds is 9. The first-order chi connectivity index (χ1) is 21.1. The molecule has 0 aromatic heterocycles. The van der Waals surface area contributed by atoms with Crippen LogP contribution in [0.1, 0.15) is 27.1 Å². The monoisotopic (exact) mass is 632 g/mol. The zero-order valence-electron chi connectivity index (χ0n) is 22.8. The summed E-state index contributed by atoms with van der Waals surface area (Å²) in [6.45, 7) is -0.423. The number of halogens is 2. The molecule has 0 bridgehead atoms. The number of anilines is 1. The van der Waals surface area contributed by atoms with E-state index in [0.717, 1.165) is 11.1 Å². The van der Waals surface area contributed by atoms with Crippen LogP contribution in [-0.4, -0.2) is 41.7 Å². The van der Waals surface area contributed by atoms with E-state index >= 15 is 0 Å². The van der Waals surface area contributed by atoms with Crippen molar-refractivity contribution in [2.75, 3.05) is 18.1 Å². The number of hydrogen-bond acceptors (Lipinski definition) is 8. The summed E-state index contributed by atoms with van der Waals surface area (Å²) in [5.74, 6) is -2.65. The van der Waals surface area contributed by atoms with Crippen molar-refractivity contribution in [3.05, 3.63) is 122 Å². The van der Waals surface area contributed by atoms with E-state index in [1.165, 1.54) is 59.5 Å². The number of Topliss-reactive ketones (excluding diaryl/α,β-unsaturated/α-hetero) is 1. The predicted octanol–water partition coefficient (Wildman–Crippen LogP) is 6.57. The van der Waals surface area contributed by atoms with Gasteiger partial charge in [0.25, 0.3) is 5.69 Å². The smallest absolute Gasteiger partial charge is 0.345 e. The summed E-state index contributed by atoms with van der Waals surface area (Å²) < 4.78 is 10.5. The maximum Gasteiger partial charge on any atom is 0.345 e. The standard InChI is InChI=1S/C32H22Cl2N2O8/c33-23-7-14-27(28(34)16-23)32(40)44-26-12-5-21(6-13-26)29(37)18-43-31(39)22-15-30(38)35(17-22)24-8-1-19(2-9-24)20-3-10-25(11-4-20)36(41)42/h1-14,16,22H,15,17-18H2/t22-/m0/s1. The largest absolute Gasteiger partial charge is 0.457 e. The fraction of sp³-hybridized carbons (Fsp3) is 0.125. The van der Waals surface area contributed by atoms with Crippen LogP contribution in [0.2, 0.25) is 10.0 Å². The fourth-order valence-corrected chi connectivity index (χ4v) is 5.07. The van der Waals surface area contributed by atoms with Crippen molar-refractivity contribution >= 4 is 58.2 Å². The average molecular weight is 633 g/mol. The molecule has 10 nitrogen and oxygen atoms in total. The molecule has 0 N–H and O–H groups in total. The Labute approximate surface area is 260 Å². The molecule has 1 amide bonds. The maximum atomic E-state index is 12.7. The minimum Gasteiger partial charge on any atom is -0.457 e. The third-order valence-electron chi connectivity index (χ3n) is 6.93. The van der Waals surface area contributed by atoms with Gasteiger partial charge in [-0.3, -0.25) is 24.5 Å². The Morgan fingerprint density at radius 3 is 2.14 bits per heavy atom. The number of ether oxygens (including phenoxy) is 2. The van der Waals surface area contributed by atoms with E-state index in [-0.39, 0.29) is 46.5 Å². The van der Waals surface area contributed by atoms with Gasteiger partial charge in [-0.25, -0.2) is 4.79 Å². The van der Waals surface area contributed by atoms with E-state index in [2.05, 4.69) is 0 Å². The number of ketones is 1. The summed E-state index contributed by atoms with van der Waals surface area (Å²) in [4.78, 5) is 62.3. The molecule has 222 valence electrons. The Kier molecular flexibility index (Phi) is 9.03. The summed E-state index contributed by atoms with van der Waals surface area (Å²) in [6, 6.07) is 23.3. The molecule has 1 heterocycles. The summed E-state index contributed by atoms with van der Waals surface area (Å²) in [6.07, 6.45) is -0.0607. The summed E-state index contributed by atoms with van der Waals surface area (Å²) in [5.41, 5.74) is 2.53. The van der Waals surface area contributed by atoms with Crippen LogP contribution >= 0.6 is 23.2 Å². The van der Waals surface area contributed by atoms with Crippen molar-refractivity contribution < 1.29 is 33.6 Å². The van der Waals surface area contributed by atoms with Gasteiger partial charge in [0.1, 0.15) is 5.75 Å². The van der Waals surface area contributed by atoms with Crippen LogP contribution in [0.5, 0.6) is 5.75 Å². The highest BCUT2D eigenvalue weighted by atomic mass is 35.5. The van der Waals surface area contributed by atoms with Crippen LogP contribution in [0.15, 0.2) is 91.0 Å². The summed E-state index contributed by atoms with van der Waals surface area (Å²) in [7, 11) is 0. The number of nitrogens with zero attached hydrogens (tertiary/aromatic N) is 2. The van der Waals surface area contributed by atoms with Crippen molar-refractivity contribution in [2.45, 2.75) is 6.42 Å². The number of nitro groups is 1. The van der Waals surface area contributed by atoms with Crippen molar-refractivity contribution in [1.82, 2.24) is 0 Å². The molecule has 1 saturated heterocycles. The number of hydrogen-bond donors (Lipinski definition) is 0. The number of amides is 1. The zero-order valence-corrected chi connectivity index (χ0v) is 24.3. The first-order valence-electron chi connectivity index (χ1n) is 13.2. The lowest BCUT2D eigenvalue weighted by atomic mass is 10.0. The van der Waals surface area contributed by atoms with Crippen LogP contribution in [0.25, 0.3) is 11.1 Å². The molecule has 4 aromatic carbocycles. The topological polar surface area (TPSA) is 133 Å². The first kappa shape index (κ1) is 30.4. The van der Waals surface area contributed by atoms with E-state index in [9.17, 15) is 29.3 Å². The SMILES string of the molecule is O=C(COC(=O)[C@H]1CC(=O)N(c2ccc(-c3ccc([N+](=O)[O-])cc3)cc2)C1)c1ccc(OC(=O)c2ccc(Cl)cc2Cl)cc1. The second kappa shape index (κ2) is 13.1. The van der Waals surface area contributed by atoms with Crippen LogP contribution in [0.4, 0.5) is 11.4 Å². The molecular weight excluding hydrogens is 611 g/mol. The number of carbonyl (C=O) groups excluding carboxylic acids is 4. The molecule has 1 aliphatic heterocycles. The first-order valence-corrected chi connectivity index (χ1v) is 14.0. The molecule has 1 fully saturated rings. The average Bonchev–Trinajstić information content (AvgIpc) is 3.41. The van der Waals surface area contributed by atoms with Crippen LogP contribution in [-0.2, 0) is 14.3 Å². The van der Waals surface area contributed by atoms with Crippen molar-refractivity contribution in [2.24, 2.45) is 5.92 Å². The second-order valence-electron chi connectivity index (χ2n) is 9.83. The number of nitro benzene ring substituents is 1. The van der Waals surface area contributed by atoms with E-state index in [1.54, 1.807) is 36.4 Å². The van der Waals surface area contributed by atoms with Gasteiger partial charge in [0.2, 0.25) is 5.91 Å². The van der Waals surface area contributed by atoms with Gasteiger partial charge in [-0.05, 0) is 77.9 Å². The van der Waals surface area contributed by atoms with E-state index in [0.29, 0.717) is 10.7 Å². The van der Waals surface area contributed by atoms with Gasteiger partial charge < -0.3 is 14.4 Å². The Hall–Kier alpha value is -5.06. The number of carbonyl (C=O) groups is 4. The van der Waals surface area contributed by atoms with Crippen LogP contribution < -0.4 is 9.64 Å². The summed E-state index contributed by atoms with van der Waals surface area (Å²) >= 11 is 11.9. The van der Waals surface area contributed by atoms with Crippen molar-refractivity contribution in [3.8, 4) is 16.9 Å². The normalized spacial score (nSPS) is 14.3. The number of esters is 2.